The lowest BCUT2D eigenvalue weighted by molar-refractivity contribution is 0.0985. The fraction of sp³-hybridized carbons (Fsp3) is 0.227. The molecule has 0 N–H and O–H groups in total. The first-order valence-corrected chi connectivity index (χ1v) is 9.94. The first-order valence-electron chi connectivity index (χ1n) is 9.12. The summed E-state index contributed by atoms with van der Waals surface area (Å²) in [6.45, 7) is 3.25. The largest absolute Gasteiger partial charge is 0.486 e. The van der Waals surface area contributed by atoms with Crippen LogP contribution in [0.5, 0.6) is 11.5 Å². The summed E-state index contributed by atoms with van der Waals surface area (Å²) in [5, 5.41) is 0. The molecular weight excluding hydrogens is 358 g/mol. The van der Waals surface area contributed by atoms with E-state index in [4.69, 9.17) is 9.47 Å². The highest BCUT2D eigenvalue weighted by atomic mass is 32.1. The number of nitrogens with zero attached hydrogens (tertiary/aromatic N) is 1. The average Bonchev–Trinajstić information content (AvgIpc) is 3.31. The molecule has 1 amide bonds. The predicted octanol–water partition coefficient (Wildman–Crippen LogP) is 4.78. The average molecular weight is 377 g/mol. The van der Waals surface area contributed by atoms with E-state index in [9.17, 15) is 4.79 Å². The van der Waals surface area contributed by atoms with Crippen molar-refractivity contribution in [3.8, 4) is 21.9 Å². The Morgan fingerprint density at radius 3 is 2.74 bits per heavy atom. The quantitative estimate of drug-likeness (QED) is 0.645. The smallest absolute Gasteiger partial charge is 0.268 e. The van der Waals surface area contributed by atoms with Gasteiger partial charge >= 0.3 is 0 Å². The second-order valence-electron chi connectivity index (χ2n) is 6.88. The molecule has 3 aromatic rings. The minimum Gasteiger partial charge on any atom is -0.486 e. The number of fused-ring (bicyclic) bond motifs is 2. The zero-order valence-corrected chi connectivity index (χ0v) is 15.8. The molecule has 5 heteroatoms. The van der Waals surface area contributed by atoms with Crippen molar-refractivity contribution in [2.24, 2.45) is 0 Å². The van der Waals surface area contributed by atoms with Gasteiger partial charge in [0.05, 0.1) is 4.88 Å². The van der Waals surface area contributed by atoms with Gasteiger partial charge in [0.1, 0.15) is 13.2 Å². The van der Waals surface area contributed by atoms with Gasteiger partial charge in [-0.25, -0.2) is 0 Å². The molecule has 1 aromatic heterocycles. The van der Waals surface area contributed by atoms with E-state index in [2.05, 4.69) is 13.0 Å². The number of benzene rings is 2. The van der Waals surface area contributed by atoms with Crippen LogP contribution in [0.2, 0.25) is 0 Å². The van der Waals surface area contributed by atoms with Gasteiger partial charge in [-0.15, -0.1) is 11.3 Å². The molecule has 0 saturated carbocycles. The molecule has 0 saturated heterocycles. The Balaban J connectivity index is 1.45. The number of amides is 1. The molecular formula is C22H19NO3S. The normalized spacial score (nSPS) is 17.7. The highest BCUT2D eigenvalue weighted by Gasteiger charge is 2.31. The minimum absolute atomic E-state index is 0.0706. The van der Waals surface area contributed by atoms with Gasteiger partial charge in [0.15, 0.2) is 11.5 Å². The van der Waals surface area contributed by atoms with Crippen molar-refractivity contribution >= 4 is 22.9 Å². The molecule has 3 heterocycles. The third-order valence-corrected chi connectivity index (χ3v) is 6.19. The fourth-order valence-corrected chi connectivity index (χ4v) is 4.74. The number of carbonyl (C=O) groups is 1. The molecule has 2 aromatic carbocycles. The van der Waals surface area contributed by atoms with Crippen LogP contribution in [0.15, 0.2) is 54.6 Å². The number of hydrogen-bond donors (Lipinski definition) is 0. The van der Waals surface area contributed by atoms with E-state index < -0.39 is 0 Å². The molecule has 2 aliphatic rings. The van der Waals surface area contributed by atoms with Gasteiger partial charge in [0.25, 0.3) is 5.91 Å². The third kappa shape index (κ3) is 2.79. The summed E-state index contributed by atoms with van der Waals surface area (Å²) in [4.78, 5) is 16.9. The lowest BCUT2D eigenvalue weighted by Gasteiger charge is -2.22. The van der Waals surface area contributed by atoms with E-state index in [1.807, 2.05) is 53.4 Å². The number of ether oxygens (including phenoxy) is 2. The van der Waals surface area contributed by atoms with Gasteiger partial charge in [-0.2, -0.15) is 0 Å². The van der Waals surface area contributed by atoms with Crippen molar-refractivity contribution in [3.63, 3.8) is 0 Å². The Kier molecular flexibility index (Phi) is 3.90. The van der Waals surface area contributed by atoms with Crippen LogP contribution in [0.25, 0.3) is 10.4 Å². The second kappa shape index (κ2) is 6.43. The lowest BCUT2D eigenvalue weighted by atomic mass is 10.1. The molecule has 2 aliphatic heterocycles. The van der Waals surface area contributed by atoms with E-state index >= 15 is 0 Å². The van der Waals surface area contributed by atoms with E-state index in [0.29, 0.717) is 13.2 Å². The van der Waals surface area contributed by atoms with Crippen LogP contribution in [-0.4, -0.2) is 25.2 Å². The number of thiophene rings is 1. The van der Waals surface area contributed by atoms with Crippen molar-refractivity contribution in [2.45, 2.75) is 19.4 Å². The summed E-state index contributed by atoms with van der Waals surface area (Å²) < 4.78 is 11.3. The Morgan fingerprint density at radius 1 is 1.04 bits per heavy atom. The summed E-state index contributed by atoms with van der Waals surface area (Å²) >= 11 is 1.52. The van der Waals surface area contributed by atoms with Crippen LogP contribution in [0, 0.1) is 0 Å². The first kappa shape index (κ1) is 16.4. The summed E-state index contributed by atoms with van der Waals surface area (Å²) in [7, 11) is 0. The number of hydrogen-bond acceptors (Lipinski definition) is 4. The molecule has 0 fully saturated rings. The van der Waals surface area contributed by atoms with Crippen molar-refractivity contribution < 1.29 is 14.3 Å². The lowest BCUT2D eigenvalue weighted by Crippen LogP contribution is -2.35. The monoisotopic (exact) mass is 377 g/mol. The Hall–Kier alpha value is -2.79. The fourth-order valence-electron chi connectivity index (χ4n) is 3.80. The predicted molar refractivity (Wildman–Crippen MR) is 107 cm³/mol. The first-order chi connectivity index (χ1) is 13.2. The molecule has 0 aliphatic carbocycles. The van der Waals surface area contributed by atoms with E-state index in [1.54, 1.807) is 0 Å². The Labute approximate surface area is 162 Å². The highest BCUT2D eigenvalue weighted by molar-refractivity contribution is 7.17. The molecule has 27 heavy (non-hydrogen) atoms. The zero-order chi connectivity index (χ0) is 18.4. The number of carbonyl (C=O) groups excluding carboxylic acids is 1. The van der Waals surface area contributed by atoms with Gasteiger partial charge in [-0.05, 0) is 60.9 Å². The molecule has 4 nitrogen and oxygen atoms in total. The van der Waals surface area contributed by atoms with Gasteiger partial charge in [0.2, 0.25) is 0 Å². The SMILES string of the molecule is CC1Cc2ccccc2N1C(=O)c1ccc(-c2ccc3c(c2)OCCO3)s1. The molecule has 136 valence electrons. The topological polar surface area (TPSA) is 38.8 Å². The van der Waals surface area contributed by atoms with E-state index in [-0.39, 0.29) is 11.9 Å². The van der Waals surface area contributed by atoms with Crippen LogP contribution in [0.3, 0.4) is 0 Å². The van der Waals surface area contributed by atoms with Gasteiger partial charge in [-0.1, -0.05) is 18.2 Å². The highest BCUT2D eigenvalue weighted by Crippen LogP contribution is 2.38. The molecule has 0 bridgehead atoms. The maximum absolute atomic E-state index is 13.2. The number of anilines is 1. The standard InChI is InChI=1S/C22H19NO3S/c1-14-12-15-4-2-3-5-17(15)23(14)22(24)21-9-8-20(27-21)16-6-7-18-19(13-16)26-11-10-25-18/h2-9,13-14H,10-12H2,1H3. The third-order valence-electron chi connectivity index (χ3n) is 5.07. The number of para-hydroxylation sites is 1. The Bertz CT molecular complexity index is 1030. The molecule has 5 rings (SSSR count). The molecule has 1 atom stereocenters. The van der Waals surface area contributed by atoms with E-state index in [0.717, 1.165) is 38.9 Å². The van der Waals surface area contributed by atoms with Crippen molar-refractivity contribution in [2.75, 3.05) is 18.1 Å². The van der Waals surface area contributed by atoms with Gasteiger partial charge in [-0.3, -0.25) is 4.79 Å². The maximum atomic E-state index is 13.2. The van der Waals surface area contributed by atoms with Crippen LogP contribution < -0.4 is 14.4 Å². The molecule has 0 spiro atoms. The maximum Gasteiger partial charge on any atom is 0.268 e. The van der Waals surface area contributed by atoms with Crippen molar-refractivity contribution in [1.29, 1.82) is 0 Å². The number of rotatable bonds is 2. The minimum atomic E-state index is 0.0706. The van der Waals surface area contributed by atoms with E-state index in [1.165, 1.54) is 16.9 Å². The summed E-state index contributed by atoms with van der Waals surface area (Å²) in [6, 6.07) is 18.2. The second-order valence-corrected chi connectivity index (χ2v) is 7.96. The van der Waals surface area contributed by atoms with Gasteiger partial charge in [0, 0.05) is 16.6 Å². The molecule has 0 radical (unpaired) electrons. The van der Waals surface area contributed by atoms with Crippen LogP contribution >= 0.6 is 11.3 Å². The summed E-state index contributed by atoms with van der Waals surface area (Å²) in [5.41, 5.74) is 3.31. The van der Waals surface area contributed by atoms with Crippen LogP contribution in [-0.2, 0) is 6.42 Å². The zero-order valence-electron chi connectivity index (χ0n) is 15.0. The van der Waals surface area contributed by atoms with Crippen molar-refractivity contribution in [3.05, 3.63) is 65.0 Å². The van der Waals surface area contributed by atoms with Crippen LogP contribution in [0.4, 0.5) is 5.69 Å². The Morgan fingerprint density at radius 2 is 1.85 bits per heavy atom. The molecule has 1 unspecified atom stereocenters. The van der Waals surface area contributed by atoms with Crippen molar-refractivity contribution in [1.82, 2.24) is 0 Å². The summed E-state index contributed by atoms with van der Waals surface area (Å²) in [6.07, 6.45) is 0.905. The summed E-state index contributed by atoms with van der Waals surface area (Å²) in [5.74, 6) is 1.61. The van der Waals surface area contributed by atoms with Gasteiger partial charge < -0.3 is 14.4 Å². The van der Waals surface area contributed by atoms with Crippen LogP contribution in [0.1, 0.15) is 22.2 Å².